The molecule has 17 heavy (non-hydrogen) atoms. The van der Waals surface area contributed by atoms with Gasteiger partial charge in [-0.25, -0.2) is 0 Å². The van der Waals surface area contributed by atoms with Crippen molar-refractivity contribution in [2.45, 2.75) is 13.1 Å². The average Bonchev–Trinajstić information content (AvgIpc) is 2.98. The molecule has 3 rings (SSSR count). The van der Waals surface area contributed by atoms with Gasteiger partial charge in [0.15, 0.2) is 5.82 Å². The number of hydrogen-bond donors (Lipinski definition) is 3. The van der Waals surface area contributed by atoms with Crippen molar-refractivity contribution in [2.75, 3.05) is 0 Å². The molecule has 3 N–H and O–H groups in total. The predicted molar refractivity (Wildman–Crippen MR) is 63.0 cm³/mol. The maximum atomic E-state index is 3.87. The van der Waals surface area contributed by atoms with Crippen LogP contribution in [0.5, 0.6) is 0 Å². The van der Waals surface area contributed by atoms with Crippen LogP contribution in [-0.4, -0.2) is 25.6 Å². The zero-order valence-electron chi connectivity index (χ0n) is 9.14. The molecule has 2 heterocycles. The molecule has 1 aromatic carbocycles. The quantitative estimate of drug-likeness (QED) is 0.621. The van der Waals surface area contributed by atoms with Gasteiger partial charge in [-0.05, 0) is 23.1 Å². The van der Waals surface area contributed by atoms with Crippen molar-refractivity contribution in [2.24, 2.45) is 0 Å². The Balaban J connectivity index is 1.64. The molecule has 0 aliphatic carbocycles. The SMILES string of the molecule is c1cc2ccc(CNCc3nn[nH]n3)cc2[nH]1. The number of fused-ring (bicyclic) bond motifs is 1. The van der Waals surface area contributed by atoms with E-state index >= 15 is 0 Å². The number of aromatic nitrogens is 5. The number of H-pyrrole nitrogens is 2. The number of hydrogen-bond acceptors (Lipinski definition) is 4. The van der Waals surface area contributed by atoms with Crippen molar-refractivity contribution < 1.29 is 0 Å². The van der Waals surface area contributed by atoms with E-state index in [0.29, 0.717) is 12.4 Å². The fourth-order valence-electron chi connectivity index (χ4n) is 1.78. The van der Waals surface area contributed by atoms with E-state index < -0.39 is 0 Å². The van der Waals surface area contributed by atoms with Crippen molar-refractivity contribution >= 4 is 10.9 Å². The van der Waals surface area contributed by atoms with E-state index in [1.54, 1.807) is 0 Å². The van der Waals surface area contributed by atoms with Crippen molar-refractivity contribution in [3.05, 3.63) is 41.9 Å². The molecule has 2 aromatic heterocycles. The highest BCUT2D eigenvalue weighted by molar-refractivity contribution is 5.79. The third kappa shape index (κ3) is 2.16. The Bertz CT molecular complexity index is 597. The molecule has 86 valence electrons. The Labute approximate surface area is 97.4 Å². The molecule has 0 fully saturated rings. The summed E-state index contributed by atoms with van der Waals surface area (Å²) in [4.78, 5) is 3.20. The third-order valence-electron chi connectivity index (χ3n) is 2.62. The molecule has 0 atom stereocenters. The van der Waals surface area contributed by atoms with Gasteiger partial charge in [0.1, 0.15) is 0 Å². The molecule has 0 spiro atoms. The monoisotopic (exact) mass is 228 g/mol. The van der Waals surface area contributed by atoms with Gasteiger partial charge in [0.2, 0.25) is 0 Å². The van der Waals surface area contributed by atoms with Gasteiger partial charge < -0.3 is 10.3 Å². The topological polar surface area (TPSA) is 82.3 Å². The van der Waals surface area contributed by atoms with Crippen LogP contribution in [0.25, 0.3) is 10.9 Å². The second-order valence-electron chi connectivity index (χ2n) is 3.83. The lowest BCUT2D eigenvalue weighted by molar-refractivity contribution is 0.664. The number of tetrazole rings is 1. The predicted octanol–water partition coefficient (Wildman–Crippen LogP) is 0.971. The highest BCUT2D eigenvalue weighted by atomic mass is 15.5. The summed E-state index contributed by atoms with van der Waals surface area (Å²) in [6.07, 6.45) is 1.95. The van der Waals surface area contributed by atoms with Gasteiger partial charge in [-0.2, -0.15) is 5.21 Å². The second kappa shape index (κ2) is 4.34. The summed E-state index contributed by atoms with van der Waals surface area (Å²) in [5.41, 5.74) is 2.38. The molecule has 0 amide bonds. The summed E-state index contributed by atoms with van der Waals surface area (Å²) in [6.45, 7) is 1.39. The van der Waals surface area contributed by atoms with Crippen LogP contribution in [0.15, 0.2) is 30.5 Å². The largest absolute Gasteiger partial charge is 0.361 e. The van der Waals surface area contributed by atoms with Crippen LogP contribution in [0.1, 0.15) is 11.4 Å². The first-order valence-electron chi connectivity index (χ1n) is 5.41. The van der Waals surface area contributed by atoms with Gasteiger partial charge in [0.05, 0.1) is 6.54 Å². The molecule has 0 saturated carbocycles. The van der Waals surface area contributed by atoms with E-state index in [-0.39, 0.29) is 0 Å². The van der Waals surface area contributed by atoms with Crippen molar-refractivity contribution in [1.82, 2.24) is 30.9 Å². The second-order valence-corrected chi connectivity index (χ2v) is 3.83. The lowest BCUT2D eigenvalue weighted by atomic mass is 10.1. The van der Waals surface area contributed by atoms with Crippen LogP contribution in [-0.2, 0) is 13.1 Å². The summed E-state index contributed by atoms with van der Waals surface area (Å²) in [6, 6.07) is 8.42. The van der Waals surface area contributed by atoms with Crippen LogP contribution in [0.2, 0.25) is 0 Å². The van der Waals surface area contributed by atoms with Crippen molar-refractivity contribution in [1.29, 1.82) is 0 Å². The zero-order chi connectivity index (χ0) is 11.5. The van der Waals surface area contributed by atoms with Gasteiger partial charge in [0, 0.05) is 18.3 Å². The Kier molecular flexibility index (Phi) is 2.55. The van der Waals surface area contributed by atoms with Crippen LogP contribution in [0.4, 0.5) is 0 Å². The maximum absolute atomic E-state index is 3.87. The summed E-state index contributed by atoms with van der Waals surface area (Å²) in [5.74, 6) is 0.672. The molecule has 0 radical (unpaired) electrons. The summed E-state index contributed by atoms with van der Waals surface area (Å²) < 4.78 is 0. The fourth-order valence-corrected chi connectivity index (χ4v) is 1.78. The standard InChI is InChI=1S/C11H12N6/c1-2-9-3-4-13-10(9)5-8(1)6-12-7-11-14-16-17-15-11/h1-5,12-13H,6-7H2,(H,14,15,16,17). The lowest BCUT2D eigenvalue weighted by Gasteiger charge is -2.02. The van der Waals surface area contributed by atoms with Crippen LogP contribution < -0.4 is 5.32 Å². The minimum absolute atomic E-state index is 0.610. The van der Waals surface area contributed by atoms with E-state index in [4.69, 9.17) is 0 Å². The van der Waals surface area contributed by atoms with Crippen LogP contribution in [0, 0.1) is 0 Å². The van der Waals surface area contributed by atoms with E-state index in [0.717, 1.165) is 12.1 Å². The minimum Gasteiger partial charge on any atom is -0.361 e. The number of nitrogens with zero attached hydrogens (tertiary/aromatic N) is 3. The summed E-state index contributed by atoms with van der Waals surface area (Å²) >= 11 is 0. The normalized spacial score (nSPS) is 11.1. The van der Waals surface area contributed by atoms with E-state index in [1.165, 1.54) is 10.9 Å². The first-order chi connectivity index (χ1) is 8.42. The molecule has 3 aromatic rings. The smallest absolute Gasteiger partial charge is 0.188 e. The van der Waals surface area contributed by atoms with E-state index in [9.17, 15) is 0 Å². The minimum atomic E-state index is 0.610. The third-order valence-corrected chi connectivity index (χ3v) is 2.62. The summed E-state index contributed by atoms with van der Waals surface area (Å²) in [5, 5.41) is 18.2. The molecule has 0 aliphatic rings. The molecule has 0 saturated heterocycles. The maximum Gasteiger partial charge on any atom is 0.188 e. The molecule has 6 nitrogen and oxygen atoms in total. The number of aromatic amines is 2. The van der Waals surface area contributed by atoms with Gasteiger partial charge in [-0.3, -0.25) is 0 Å². The van der Waals surface area contributed by atoms with Gasteiger partial charge in [0.25, 0.3) is 0 Å². The fraction of sp³-hybridized carbons (Fsp3) is 0.182. The van der Waals surface area contributed by atoms with Crippen LogP contribution >= 0.6 is 0 Å². The highest BCUT2D eigenvalue weighted by Gasteiger charge is 1.99. The number of nitrogens with one attached hydrogen (secondary N) is 3. The Morgan fingerprint density at radius 1 is 1.18 bits per heavy atom. The first kappa shape index (κ1) is 9.98. The molecular formula is C11H12N6. The van der Waals surface area contributed by atoms with Gasteiger partial charge in [-0.1, -0.05) is 17.3 Å². The molecule has 0 unspecified atom stereocenters. The van der Waals surface area contributed by atoms with E-state index in [2.05, 4.69) is 55.2 Å². The van der Waals surface area contributed by atoms with Gasteiger partial charge >= 0.3 is 0 Å². The number of benzene rings is 1. The first-order valence-corrected chi connectivity index (χ1v) is 5.41. The average molecular weight is 228 g/mol. The highest BCUT2D eigenvalue weighted by Crippen LogP contribution is 2.13. The Morgan fingerprint density at radius 3 is 3.06 bits per heavy atom. The number of rotatable bonds is 4. The molecule has 6 heteroatoms. The van der Waals surface area contributed by atoms with Crippen molar-refractivity contribution in [3.8, 4) is 0 Å². The molecule has 0 bridgehead atoms. The van der Waals surface area contributed by atoms with Gasteiger partial charge in [-0.15, -0.1) is 10.2 Å². The summed E-state index contributed by atoms with van der Waals surface area (Å²) in [7, 11) is 0. The Morgan fingerprint density at radius 2 is 2.18 bits per heavy atom. The Hall–Kier alpha value is -2.21. The lowest BCUT2D eigenvalue weighted by Crippen LogP contribution is -2.13. The van der Waals surface area contributed by atoms with Crippen LogP contribution in [0.3, 0.4) is 0 Å². The molecular weight excluding hydrogens is 216 g/mol. The molecule has 0 aliphatic heterocycles. The zero-order valence-corrected chi connectivity index (χ0v) is 9.14. The van der Waals surface area contributed by atoms with E-state index in [1.807, 2.05) is 6.20 Å². The van der Waals surface area contributed by atoms with Crippen molar-refractivity contribution in [3.63, 3.8) is 0 Å².